The number of benzene rings is 1. The molecule has 1 aliphatic heterocycles. The minimum Gasteiger partial charge on any atom is -0.371 e. The minimum atomic E-state index is -0.795. The van der Waals surface area contributed by atoms with Crippen LogP contribution in [0.25, 0.3) is 0 Å². The van der Waals surface area contributed by atoms with Gasteiger partial charge in [-0.25, -0.2) is 8.78 Å². The van der Waals surface area contributed by atoms with Crippen LogP contribution < -0.4 is 15.5 Å². The molecular formula is C18H26F2N4. The van der Waals surface area contributed by atoms with E-state index in [0.717, 1.165) is 56.7 Å². The Hall–Kier alpha value is -1.85. The predicted octanol–water partition coefficient (Wildman–Crippen LogP) is 2.76. The lowest BCUT2D eigenvalue weighted by Gasteiger charge is -2.18. The minimum absolute atomic E-state index is 0.439. The highest BCUT2D eigenvalue weighted by atomic mass is 19.2. The number of anilines is 1. The molecule has 132 valence electrons. The van der Waals surface area contributed by atoms with Gasteiger partial charge < -0.3 is 15.5 Å². The van der Waals surface area contributed by atoms with Gasteiger partial charge >= 0.3 is 0 Å². The van der Waals surface area contributed by atoms with Crippen LogP contribution in [0.4, 0.5) is 14.5 Å². The van der Waals surface area contributed by atoms with Gasteiger partial charge in [0.2, 0.25) is 0 Å². The molecule has 0 bridgehead atoms. The number of rotatable bonds is 6. The van der Waals surface area contributed by atoms with Gasteiger partial charge in [-0.05, 0) is 50.2 Å². The van der Waals surface area contributed by atoms with Crippen LogP contribution in [0.5, 0.6) is 0 Å². The van der Waals surface area contributed by atoms with Gasteiger partial charge in [-0.15, -0.1) is 0 Å². The van der Waals surface area contributed by atoms with Gasteiger partial charge in [0, 0.05) is 44.5 Å². The summed E-state index contributed by atoms with van der Waals surface area (Å²) in [7, 11) is 0. The van der Waals surface area contributed by atoms with Crippen LogP contribution in [-0.4, -0.2) is 38.7 Å². The van der Waals surface area contributed by atoms with E-state index in [0.29, 0.717) is 5.92 Å². The molecule has 1 atom stereocenters. The summed E-state index contributed by atoms with van der Waals surface area (Å²) in [5.74, 6) is 0.554. The number of nitrogens with zero attached hydrogens (tertiary/aromatic N) is 2. The van der Waals surface area contributed by atoms with E-state index >= 15 is 0 Å². The molecule has 0 amide bonds. The number of hydrogen-bond donors (Lipinski definition) is 2. The van der Waals surface area contributed by atoms with E-state index in [2.05, 4.69) is 27.4 Å². The zero-order chi connectivity index (χ0) is 16.9. The first-order chi connectivity index (χ1) is 11.7. The molecule has 0 aromatic heterocycles. The predicted molar refractivity (Wildman–Crippen MR) is 93.4 cm³/mol. The van der Waals surface area contributed by atoms with Gasteiger partial charge in [-0.2, -0.15) is 0 Å². The molecule has 2 aliphatic rings. The van der Waals surface area contributed by atoms with Crippen molar-refractivity contribution in [2.45, 2.75) is 26.2 Å². The molecule has 1 aromatic carbocycles. The first kappa shape index (κ1) is 17.0. The molecule has 2 fully saturated rings. The molecule has 1 saturated carbocycles. The standard InChI is InChI=1S/C18H26F2N4/c1-2-21-18(22-10-13-3-4-13)23-11-14-7-8-24(12-14)15-5-6-16(19)17(20)9-15/h5-6,9,13-14H,2-4,7-8,10-12H2,1H3,(H2,21,22,23). The summed E-state index contributed by atoms with van der Waals surface area (Å²) < 4.78 is 26.4. The largest absolute Gasteiger partial charge is 0.371 e. The van der Waals surface area contributed by atoms with Crippen LogP contribution >= 0.6 is 0 Å². The molecule has 1 saturated heterocycles. The first-order valence-electron chi connectivity index (χ1n) is 8.88. The molecule has 3 rings (SSSR count). The van der Waals surface area contributed by atoms with Crippen molar-refractivity contribution >= 4 is 11.6 Å². The molecule has 1 heterocycles. The lowest BCUT2D eigenvalue weighted by atomic mass is 10.1. The molecule has 24 heavy (non-hydrogen) atoms. The number of nitrogens with one attached hydrogen (secondary N) is 2. The fourth-order valence-electron chi connectivity index (χ4n) is 3.02. The second kappa shape index (κ2) is 7.81. The maximum Gasteiger partial charge on any atom is 0.191 e. The van der Waals surface area contributed by atoms with Gasteiger partial charge in [0.1, 0.15) is 0 Å². The molecular weight excluding hydrogens is 310 g/mol. The average molecular weight is 336 g/mol. The molecule has 0 spiro atoms. The van der Waals surface area contributed by atoms with E-state index in [1.165, 1.54) is 25.0 Å². The third-order valence-corrected chi connectivity index (χ3v) is 4.66. The monoisotopic (exact) mass is 336 g/mol. The Balaban J connectivity index is 1.52. The summed E-state index contributed by atoms with van der Waals surface area (Å²) in [4.78, 5) is 6.79. The molecule has 0 radical (unpaired) electrons. The second-order valence-electron chi connectivity index (χ2n) is 6.74. The highest BCUT2D eigenvalue weighted by Gasteiger charge is 2.24. The van der Waals surface area contributed by atoms with Crippen molar-refractivity contribution in [3.8, 4) is 0 Å². The number of hydrogen-bond acceptors (Lipinski definition) is 2. The van der Waals surface area contributed by atoms with Crippen molar-refractivity contribution in [1.82, 2.24) is 10.6 Å². The van der Waals surface area contributed by atoms with Crippen LogP contribution in [0.1, 0.15) is 26.2 Å². The normalized spacial score (nSPS) is 21.2. The summed E-state index contributed by atoms with van der Waals surface area (Å²) in [5, 5.41) is 6.68. The Morgan fingerprint density at radius 2 is 2.00 bits per heavy atom. The zero-order valence-electron chi connectivity index (χ0n) is 14.2. The average Bonchev–Trinajstić information content (AvgIpc) is 3.29. The van der Waals surface area contributed by atoms with Crippen LogP contribution in [-0.2, 0) is 0 Å². The van der Waals surface area contributed by atoms with Crippen LogP contribution in [0.2, 0.25) is 0 Å². The van der Waals surface area contributed by atoms with Crippen molar-refractivity contribution in [2.24, 2.45) is 16.8 Å². The molecule has 1 unspecified atom stereocenters. The summed E-state index contributed by atoms with van der Waals surface area (Å²) in [5.41, 5.74) is 0.749. The van der Waals surface area contributed by atoms with E-state index in [4.69, 9.17) is 0 Å². The summed E-state index contributed by atoms with van der Waals surface area (Å²) in [6, 6.07) is 4.12. The topological polar surface area (TPSA) is 39.7 Å². The Morgan fingerprint density at radius 1 is 1.17 bits per heavy atom. The van der Waals surface area contributed by atoms with Crippen LogP contribution in [0.15, 0.2) is 23.2 Å². The van der Waals surface area contributed by atoms with Crippen LogP contribution in [0.3, 0.4) is 0 Å². The molecule has 2 N–H and O–H groups in total. The highest BCUT2D eigenvalue weighted by Crippen LogP contribution is 2.27. The Labute approximate surface area is 142 Å². The van der Waals surface area contributed by atoms with Crippen molar-refractivity contribution in [3.05, 3.63) is 29.8 Å². The smallest absolute Gasteiger partial charge is 0.191 e. The summed E-state index contributed by atoms with van der Waals surface area (Å²) in [6.45, 7) is 6.35. The molecule has 4 nitrogen and oxygen atoms in total. The lowest BCUT2D eigenvalue weighted by Crippen LogP contribution is -2.38. The van der Waals surface area contributed by atoms with E-state index < -0.39 is 11.6 Å². The lowest BCUT2D eigenvalue weighted by molar-refractivity contribution is 0.508. The first-order valence-corrected chi connectivity index (χ1v) is 8.88. The zero-order valence-corrected chi connectivity index (χ0v) is 14.2. The molecule has 1 aliphatic carbocycles. The SMILES string of the molecule is CCNC(=NCC1CCN(c2ccc(F)c(F)c2)C1)NCC1CC1. The fourth-order valence-corrected chi connectivity index (χ4v) is 3.02. The number of aliphatic imine (C=N–C) groups is 1. The second-order valence-corrected chi connectivity index (χ2v) is 6.74. The van der Waals surface area contributed by atoms with Gasteiger partial charge in [-0.1, -0.05) is 0 Å². The maximum absolute atomic E-state index is 13.4. The quantitative estimate of drug-likeness (QED) is 0.620. The Kier molecular flexibility index (Phi) is 5.53. The van der Waals surface area contributed by atoms with Gasteiger partial charge in [-0.3, -0.25) is 4.99 Å². The van der Waals surface area contributed by atoms with E-state index in [-0.39, 0.29) is 0 Å². The van der Waals surface area contributed by atoms with E-state index in [9.17, 15) is 8.78 Å². The Bertz CT molecular complexity index is 586. The van der Waals surface area contributed by atoms with Crippen molar-refractivity contribution in [3.63, 3.8) is 0 Å². The van der Waals surface area contributed by atoms with E-state index in [1.807, 2.05) is 0 Å². The van der Waals surface area contributed by atoms with Gasteiger partial charge in [0.05, 0.1) is 0 Å². The molecule has 6 heteroatoms. The maximum atomic E-state index is 13.4. The highest BCUT2D eigenvalue weighted by molar-refractivity contribution is 5.79. The third-order valence-electron chi connectivity index (χ3n) is 4.66. The number of guanidine groups is 1. The van der Waals surface area contributed by atoms with E-state index in [1.54, 1.807) is 6.07 Å². The summed E-state index contributed by atoms with van der Waals surface area (Å²) in [6.07, 6.45) is 3.65. The molecule has 1 aromatic rings. The summed E-state index contributed by atoms with van der Waals surface area (Å²) >= 11 is 0. The fraction of sp³-hybridized carbons (Fsp3) is 0.611. The van der Waals surface area contributed by atoms with Gasteiger partial charge in [0.25, 0.3) is 0 Å². The van der Waals surface area contributed by atoms with Crippen molar-refractivity contribution in [2.75, 3.05) is 37.6 Å². The third kappa shape index (κ3) is 4.58. The van der Waals surface area contributed by atoms with Crippen molar-refractivity contribution in [1.29, 1.82) is 0 Å². The van der Waals surface area contributed by atoms with Crippen molar-refractivity contribution < 1.29 is 8.78 Å². The number of halogens is 2. The Morgan fingerprint density at radius 3 is 2.71 bits per heavy atom. The van der Waals surface area contributed by atoms with Gasteiger partial charge in [0.15, 0.2) is 17.6 Å². The van der Waals surface area contributed by atoms with Crippen LogP contribution in [0, 0.1) is 23.5 Å².